The highest BCUT2D eigenvalue weighted by atomic mass is 32.2. The normalized spacial score (nSPS) is 22.3. The summed E-state index contributed by atoms with van der Waals surface area (Å²) in [5, 5.41) is 3.20. The number of sulfonamides is 1. The monoisotopic (exact) mass is 381 g/mol. The van der Waals surface area contributed by atoms with E-state index in [9.17, 15) is 13.2 Å². The summed E-state index contributed by atoms with van der Waals surface area (Å²) in [6, 6.07) is 6.43. The van der Waals surface area contributed by atoms with Crippen LogP contribution in [0.3, 0.4) is 0 Å². The topological polar surface area (TPSA) is 79.0 Å². The number of amides is 1. The molecule has 0 aromatic heterocycles. The molecule has 3 rings (SSSR count). The lowest BCUT2D eigenvalue weighted by Crippen LogP contribution is -2.34. The third-order valence-corrected chi connectivity index (χ3v) is 6.89. The lowest BCUT2D eigenvalue weighted by molar-refractivity contribution is 0.0775. The Kier molecular flexibility index (Phi) is 6.29. The average molecular weight is 381 g/mol. The van der Waals surface area contributed by atoms with Gasteiger partial charge in [0, 0.05) is 51.3 Å². The minimum Gasteiger partial charge on any atom is -0.384 e. The maximum absolute atomic E-state index is 12.9. The van der Waals surface area contributed by atoms with Crippen molar-refractivity contribution in [1.82, 2.24) is 14.5 Å². The fourth-order valence-corrected chi connectivity index (χ4v) is 5.10. The first-order valence-electron chi connectivity index (χ1n) is 9.11. The van der Waals surface area contributed by atoms with Crippen LogP contribution in [0.4, 0.5) is 0 Å². The van der Waals surface area contributed by atoms with Crippen molar-refractivity contribution in [3.8, 4) is 0 Å². The number of rotatable bonds is 5. The first-order valence-corrected chi connectivity index (χ1v) is 10.6. The van der Waals surface area contributed by atoms with Gasteiger partial charge in [-0.1, -0.05) is 6.07 Å². The minimum absolute atomic E-state index is 0.113. The summed E-state index contributed by atoms with van der Waals surface area (Å²) in [7, 11) is -1.92. The number of nitrogens with one attached hydrogen (secondary N) is 1. The van der Waals surface area contributed by atoms with Gasteiger partial charge in [0.2, 0.25) is 10.0 Å². The molecule has 0 saturated carbocycles. The number of hydrogen-bond donors (Lipinski definition) is 1. The zero-order valence-electron chi connectivity index (χ0n) is 15.2. The van der Waals surface area contributed by atoms with Crippen molar-refractivity contribution in [2.24, 2.45) is 5.92 Å². The van der Waals surface area contributed by atoms with E-state index in [0.29, 0.717) is 50.8 Å². The van der Waals surface area contributed by atoms with Gasteiger partial charge >= 0.3 is 0 Å². The molecule has 1 aromatic rings. The number of benzene rings is 1. The highest BCUT2D eigenvalue weighted by Crippen LogP contribution is 2.22. The molecule has 2 saturated heterocycles. The Hall–Kier alpha value is -1.48. The van der Waals surface area contributed by atoms with E-state index in [1.54, 1.807) is 30.2 Å². The molecule has 0 aliphatic carbocycles. The highest BCUT2D eigenvalue weighted by Gasteiger charge is 2.29. The molecule has 0 unspecified atom stereocenters. The number of carbonyl (C=O) groups excluding carboxylic acids is 1. The molecular formula is C18H27N3O4S. The summed E-state index contributed by atoms with van der Waals surface area (Å²) in [4.78, 5) is 14.7. The van der Waals surface area contributed by atoms with Crippen LogP contribution in [0, 0.1) is 5.92 Å². The first kappa shape index (κ1) is 19.3. The minimum atomic E-state index is -3.58. The highest BCUT2D eigenvalue weighted by molar-refractivity contribution is 7.89. The van der Waals surface area contributed by atoms with Crippen LogP contribution in [-0.4, -0.2) is 76.5 Å². The van der Waals surface area contributed by atoms with Crippen LogP contribution in [0.2, 0.25) is 0 Å². The largest absolute Gasteiger partial charge is 0.384 e. The van der Waals surface area contributed by atoms with E-state index >= 15 is 0 Å². The second-order valence-electron chi connectivity index (χ2n) is 6.90. The van der Waals surface area contributed by atoms with E-state index in [0.717, 1.165) is 19.4 Å². The van der Waals surface area contributed by atoms with Gasteiger partial charge in [-0.3, -0.25) is 4.79 Å². The molecule has 1 aromatic carbocycles. The number of nitrogens with zero attached hydrogens (tertiary/aromatic N) is 2. The van der Waals surface area contributed by atoms with Gasteiger partial charge in [0.15, 0.2) is 0 Å². The zero-order chi connectivity index (χ0) is 18.6. The average Bonchev–Trinajstić information content (AvgIpc) is 2.93. The Balaban J connectivity index is 1.76. The Morgan fingerprint density at radius 1 is 1.27 bits per heavy atom. The number of likely N-dealkylation sites (tertiary alicyclic amines) is 1. The van der Waals surface area contributed by atoms with Crippen LogP contribution in [0.25, 0.3) is 0 Å². The predicted molar refractivity (Wildman–Crippen MR) is 98.6 cm³/mol. The molecule has 2 heterocycles. The van der Waals surface area contributed by atoms with Crippen molar-refractivity contribution in [3.63, 3.8) is 0 Å². The summed E-state index contributed by atoms with van der Waals surface area (Å²) in [5.74, 6) is 0.235. The van der Waals surface area contributed by atoms with Gasteiger partial charge in [-0.15, -0.1) is 0 Å². The van der Waals surface area contributed by atoms with E-state index in [2.05, 4.69) is 5.32 Å². The van der Waals surface area contributed by atoms with Crippen LogP contribution in [-0.2, 0) is 14.8 Å². The van der Waals surface area contributed by atoms with Gasteiger partial charge in [-0.05, 0) is 37.6 Å². The molecule has 26 heavy (non-hydrogen) atoms. The third-order valence-electron chi connectivity index (χ3n) is 4.99. The van der Waals surface area contributed by atoms with Crippen LogP contribution in [0.5, 0.6) is 0 Å². The van der Waals surface area contributed by atoms with Crippen molar-refractivity contribution >= 4 is 15.9 Å². The second-order valence-corrected chi connectivity index (χ2v) is 8.83. The molecular weight excluding hydrogens is 354 g/mol. The standard InChI is InChI=1S/C18H27N3O4S/c1-25-14-15-6-10-20(13-15)18(22)16-4-2-5-17(12-16)26(23,24)21-9-3-7-19-8-11-21/h2,4-5,12,15,19H,3,6-11,13-14H2,1H3/t15-/m1/s1. The van der Waals surface area contributed by atoms with Crippen molar-refractivity contribution in [2.45, 2.75) is 17.7 Å². The molecule has 8 heteroatoms. The van der Waals surface area contributed by atoms with Crippen LogP contribution in [0.15, 0.2) is 29.2 Å². The molecule has 0 spiro atoms. The molecule has 7 nitrogen and oxygen atoms in total. The quantitative estimate of drug-likeness (QED) is 0.815. The molecule has 1 amide bonds. The second kappa shape index (κ2) is 8.47. The first-order chi connectivity index (χ1) is 12.5. The van der Waals surface area contributed by atoms with Gasteiger partial charge in [0.1, 0.15) is 0 Å². The number of hydrogen-bond acceptors (Lipinski definition) is 5. The molecule has 0 radical (unpaired) electrons. The zero-order valence-corrected chi connectivity index (χ0v) is 16.0. The van der Waals surface area contributed by atoms with Crippen LogP contribution in [0.1, 0.15) is 23.2 Å². The summed E-state index contributed by atoms with van der Waals surface area (Å²) >= 11 is 0. The Bertz CT molecular complexity index is 730. The number of carbonyl (C=O) groups is 1. The van der Waals surface area contributed by atoms with Crippen molar-refractivity contribution in [3.05, 3.63) is 29.8 Å². The van der Waals surface area contributed by atoms with Gasteiger partial charge in [0.05, 0.1) is 11.5 Å². The maximum Gasteiger partial charge on any atom is 0.253 e. The fraction of sp³-hybridized carbons (Fsp3) is 0.611. The number of ether oxygens (including phenoxy) is 1. The smallest absolute Gasteiger partial charge is 0.253 e. The molecule has 0 bridgehead atoms. The van der Waals surface area contributed by atoms with Gasteiger partial charge in [0.25, 0.3) is 5.91 Å². The van der Waals surface area contributed by atoms with Gasteiger partial charge in [-0.25, -0.2) is 8.42 Å². The maximum atomic E-state index is 12.9. The van der Waals surface area contributed by atoms with Gasteiger partial charge in [-0.2, -0.15) is 4.31 Å². The molecule has 2 fully saturated rings. The van der Waals surface area contributed by atoms with E-state index in [1.165, 1.54) is 10.4 Å². The van der Waals surface area contributed by atoms with Crippen molar-refractivity contribution in [2.75, 3.05) is 53.0 Å². The molecule has 1 atom stereocenters. The van der Waals surface area contributed by atoms with E-state index < -0.39 is 10.0 Å². The summed E-state index contributed by atoms with van der Waals surface area (Å²) < 4.78 is 32.5. The van der Waals surface area contributed by atoms with Crippen LogP contribution >= 0.6 is 0 Å². The Morgan fingerprint density at radius 2 is 2.12 bits per heavy atom. The fourth-order valence-electron chi connectivity index (χ4n) is 3.57. The lowest BCUT2D eigenvalue weighted by Gasteiger charge is -2.21. The number of methoxy groups -OCH3 is 1. The van der Waals surface area contributed by atoms with Crippen LogP contribution < -0.4 is 5.32 Å². The van der Waals surface area contributed by atoms with E-state index in [4.69, 9.17) is 4.74 Å². The molecule has 144 valence electrons. The summed E-state index contributed by atoms with van der Waals surface area (Å²) in [5.41, 5.74) is 0.428. The third kappa shape index (κ3) is 4.25. The SMILES string of the molecule is COC[C@@H]1CCN(C(=O)c2cccc(S(=O)(=O)N3CCCNCC3)c2)C1. The van der Waals surface area contributed by atoms with Crippen molar-refractivity contribution < 1.29 is 17.9 Å². The molecule has 1 N–H and O–H groups in total. The van der Waals surface area contributed by atoms with E-state index in [-0.39, 0.29) is 10.8 Å². The summed E-state index contributed by atoms with van der Waals surface area (Å²) in [6.45, 7) is 4.39. The van der Waals surface area contributed by atoms with E-state index in [1.807, 2.05) is 0 Å². The molecule has 2 aliphatic heterocycles. The predicted octanol–water partition coefficient (Wildman–Crippen LogP) is 0.779. The Labute approximate surface area is 155 Å². The van der Waals surface area contributed by atoms with Crippen molar-refractivity contribution in [1.29, 1.82) is 0 Å². The van der Waals surface area contributed by atoms with Gasteiger partial charge < -0.3 is 15.0 Å². The Morgan fingerprint density at radius 3 is 2.92 bits per heavy atom. The molecule has 2 aliphatic rings. The summed E-state index contributed by atoms with van der Waals surface area (Å²) in [6.07, 6.45) is 1.70. The lowest BCUT2D eigenvalue weighted by atomic mass is 10.1.